The van der Waals surface area contributed by atoms with Crippen LogP contribution in [0, 0.1) is 13.8 Å². The van der Waals surface area contributed by atoms with E-state index in [2.05, 4.69) is 5.32 Å². The van der Waals surface area contributed by atoms with Gasteiger partial charge in [-0.15, -0.1) is 0 Å². The lowest BCUT2D eigenvalue weighted by Gasteiger charge is -2.13. The molecular weight excluding hydrogens is 434 g/mol. The molecule has 7 heteroatoms. The second kappa shape index (κ2) is 9.70. The summed E-state index contributed by atoms with van der Waals surface area (Å²) in [6.45, 7) is 3.43. The SMILES string of the molecule is COc1ccc(NC(=O)COc2c(-c3ccc(OC)cc3)oc3c(C)cc(C)cc3c2=O)cc1. The predicted octanol–water partition coefficient (Wildman–Crippen LogP) is 5.11. The number of hydrogen-bond acceptors (Lipinski definition) is 6. The minimum absolute atomic E-state index is 0.0208. The van der Waals surface area contributed by atoms with E-state index in [-0.39, 0.29) is 23.5 Å². The van der Waals surface area contributed by atoms with E-state index >= 15 is 0 Å². The molecule has 1 amide bonds. The molecule has 1 aromatic heterocycles. The predicted molar refractivity (Wildman–Crippen MR) is 131 cm³/mol. The van der Waals surface area contributed by atoms with Gasteiger partial charge in [0.05, 0.1) is 19.6 Å². The standard InChI is InChI=1S/C27H25NO6/c1-16-13-17(2)25-22(14-16)24(30)27(26(34-25)18-5-9-20(31-3)10-6-18)33-15-23(29)28-19-7-11-21(32-4)12-8-19/h5-14H,15H2,1-4H3,(H,28,29). The van der Waals surface area contributed by atoms with Crippen molar-refractivity contribution in [3.05, 3.63) is 82.0 Å². The number of rotatable bonds is 7. The van der Waals surface area contributed by atoms with Crippen molar-refractivity contribution < 1.29 is 23.4 Å². The number of nitrogens with one attached hydrogen (secondary N) is 1. The van der Waals surface area contributed by atoms with Crippen LogP contribution in [0.25, 0.3) is 22.3 Å². The lowest BCUT2D eigenvalue weighted by molar-refractivity contribution is -0.118. The first-order chi connectivity index (χ1) is 16.4. The maximum Gasteiger partial charge on any atom is 0.262 e. The molecule has 4 aromatic rings. The van der Waals surface area contributed by atoms with Crippen molar-refractivity contribution in [3.8, 4) is 28.6 Å². The maximum absolute atomic E-state index is 13.4. The molecule has 7 nitrogen and oxygen atoms in total. The number of amides is 1. The third kappa shape index (κ3) is 4.73. The minimum atomic E-state index is -0.411. The average Bonchev–Trinajstić information content (AvgIpc) is 2.84. The summed E-state index contributed by atoms with van der Waals surface area (Å²) in [5, 5.41) is 3.15. The highest BCUT2D eigenvalue weighted by Crippen LogP contribution is 2.33. The minimum Gasteiger partial charge on any atom is -0.497 e. The highest BCUT2D eigenvalue weighted by molar-refractivity contribution is 5.92. The van der Waals surface area contributed by atoms with E-state index < -0.39 is 5.91 Å². The summed E-state index contributed by atoms with van der Waals surface area (Å²) in [5.41, 5.74) is 3.13. The van der Waals surface area contributed by atoms with Crippen LogP contribution >= 0.6 is 0 Å². The van der Waals surface area contributed by atoms with Crippen LogP contribution < -0.4 is 25.0 Å². The van der Waals surface area contributed by atoms with Crippen LogP contribution in [0.4, 0.5) is 5.69 Å². The molecule has 34 heavy (non-hydrogen) atoms. The van der Waals surface area contributed by atoms with Gasteiger partial charge in [0.2, 0.25) is 11.2 Å². The molecule has 0 spiro atoms. The van der Waals surface area contributed by atoms with Crippen LogP contribution in [0.5, 0.6) is 17.2 Å². The van der Waals surface area contributed by atoms with Crippen LogP contribution in [0.3, 0.4) is 0 Å². The van der Waals surface area contributed by atoms with E-state index in [0.717, 1.165) is 11.1 Å². The van der Waals surface area contributed by atoms with Gasteiger partial charge in [-0.3, -0.25) is 9.59 Å². The fourth-order valence-electron chi connectivity index (χ4n) is 3.70. The largest absolute Gasteiger partial charge is 0.497 e. The molecule has 0 bridgehead atoms. The highest BCUT2D eigenvalue weighted by atomic mass is 16.5. The van der Waals surface area contributed by atoms with Crippen LogP contribution in [-0.2, 0) is 4.79 Å². The number of anilines is 1. The lowest BCUT2D eigenvalue weighted by atomic mass is 10.1. The molecule has 3 aromatic carbocycles. The van der Waals surface area contributed by atoms with Gasteiger partial charge in [-0.25, -0.2) is 0 Å². The molecule has 0 radical (unpaired) electrons. The molecular formula is C27H25NO6. The maximum atomic E-state index is 13.4. The van der Waals surface area contributed by atoms with Crippen molar-refractivity contribution in [2.75, 3.05) is 26.1 Å². The van der Waals surface area contributed by atoms with E-state index in [4.69, 9.17) is 18.6 Å². The summed E-state index contributed by atoms with van der Waals surface area (Å²) in [6, 6.07) is 17.7. The monoisotopic (exact) mass is 459 g/mol. The van der Waals surface area contributed by atoms with Crippen LogP contribution in [0.15, 0.2) is 69.9 Å². The first kappa shape index (κ1) is 22.9. The molecule has 0 unspecified atom stereocenters. The zero-order valence-electron chi connectivity index (χ0n) is 19.4. The summed E-state index contributed by atoms with van der Waals surface area (Å²) in [7, 11) is 3.15. The van der Waals surface area contributed by atoms with Gasteiger partial charge in [-0.1, -0.05) is 6.07 Å². The van der Waals surface area contributed by atoms with Gasteiger partial charge in [0.15, 0.2) is 12.4 Å². The zero-order chi connectivity index (χ0) is 24.2. The van der Waals surface area contributed by atoms with Crippen molar-refractivity contribution in [2.45, 2.75) is 13.8 Å². The molecule has 0 atom stereocenters. The Balaban J connectivity index is 1.69. The lowest BCUT2D eigenvalue weighted by Crippen LogP contribution is -2.22. The number of ether oxygens (including phenoxy) is 3. The second-order valence-electron chi connectivity index (χ2n) is 7.84. The summed E-state index contributed by atoms with van der Waals surface area (Å²) in [4.78, 5) is 26.0. The third-order valence-corrected chi connectivity index (χ3v) is 5.35. The van der Waals surface area contributed by atoms with Gasteiger partial charge >= 0.3 is 0 Å². The van der Waals surface area contributed by atoms with Crippen LogP contribution in [0.2, 0.25) is 0 Å². The Bertz CT molecular complexity index is 1390. The van der Waals surface area contributed by atoms with Gasteiger partial charge in [0.25, 0.3) is 5.91 Å². The molecule has 0 aliphatic heterocycles. The second-order valence-corrected chi connectivity index (χ2v) is 7.84. The number of fused-ring (bicyclic) bond motifs is 1. The molecule has 0 saturated carbocycles. The molecule has 0 saturated heterocycles. The first-order valence-corrected chi connectivity index (χ1v) is 10.7. The topological polar surface area (TPSA) is 87.0 Å². The van der Waals surface area contributed by atoms with Crippen molar-refractivity contribution in [1.29, 1.82) is 0 Å². The number of carbonyl (C=O) groups is 1. The number of carbonyl (C=O) groups excluding carboxylic acids is 1. The number of benzene rings is 3. The molecule has 1 N–H and O–H groups in total. The summed E-state index contributed by atoms with van der Waals surface area (Å²) in [5.74, 6) is 1.17. The molecule has 0 fully saturated rings. The Morgan fingerprint density at radius 3 is 2.15 bits per heavy atom. The van der Waals surface area contributed by atoms with Gasteiger partial charge in [-0.2, -0.15) is 0 Å². The molecule has 0 aliphatic carbocycles. The van der Waals surface area contributed by atoms with Gasteiger partial charge in [-0.05, 0) is 79.6 Å². The summed E-state index contributed by atoms with van der Waals surface area (Å²) >= 11 is 0. The molecule has 1 heterocycles. The van der Waals surface area contributed by atoms with Crippen LogP contribution in [0.1, 0.15) is 11.1 Å². The van der Waals surface area contributed by atoms with Crippen molar-refractivity contribution >= 4 is 22.6 Å². The molecule has 174 valence electrons. The Labute approximate surface area is 196 Å². The van der Waals surface area contributed by atoms with Gasteiger partial charge in [0, 0.05) is 11.3 Å². The Morgan fingerprint density at radius 1 is 0.912 bits per heavy atom. The van der Waals surface area contributed by atoms with Gasteiger partial charge in [0.1, 0.15) is 17.1 Å². The zero-order valence-corrected chi connectivity index (χ0v) is 19.4. The van der Waals surface area contributed by atoms with E-state index in [0.29, 0.717) is 33.7 Å². The van der Waals surface area contributed by atoms with Gasteiger partial charge < -0.3 is 23.9 Å². The Hall–Kier alpha value is -4.26. The number of hydrogen-bond donors (Lipinski definition) is 1. The summed E-state index contributed by atoms with van der Waals surface area (Å²) < 4.78 is 22.3. The van der Waals surface area contributed by atoms with E-state index in [1.165, 1.54) is 0 Å². The Morgan fingerprint density at radius 2 is 1.53 bits per heavy atom. The first-order valence-electron chi connectivity index (χ1n) is 10.7. The molecule has 0 aliphatic rings. The van der Waals surface area contributed by atoms with E-state index in [1.807, 2.05) is 19.9 Å². The van der Waals surface area contributed by atoms with Crippen LogP contribution in [-0.4, -0.2) is 26.7 Å². The highest BCUT2D eigenvalue weighted by Gasteiger charge is 2.20. The normalized spacial score (nSPS) is 10.7. The van der Waals surface area contributed by atoms with Crippen molar-refractivity contribution in [2.24, 2.45) is 0 Å². The Kier molecular flexibility index (Phi) is 6.54. The van der Waals surface area contributed by atoms with Crippen molar-refractivity contribution in [1.82, 2.24) is 0 Å². The van der Waals surface area contributed by atoms with E-state index in [1.54, 1.807) is 68.8 Å². The fourth-order valence-corrected chi connectivity index (χ4v) is 3.70. The fraction of sp³-hybridized carbons (Fsp3) is 0.185. The number of methoxy groups -OCH3 is 2. The smallest absolute Gasteiger partial charge is 0.262 e. The third-order valence-electron chi connectivity index (χ3n) is 5.35. The average molecular weight is 459 g/mol. The van der Waals surface area contributed by atoms with E-state index in [9.17, 15) is 9.59 Å². The van der Waals surface area contributed by atoms with Crippen molar-refractivity contribution in [3.63, 3.8) is 0 Å². The molecule has 4 rings (SSSR count). The number of aryl methyl sites for hydroxylation is 2. The summed E-state index contributed by atoms with van der Waals surface area (Å²) in [6.07, 6.45) is 0. The quantitative estimate of drug-likeness (QED) is 0.413.